The number of nitrogens with zero attached hydrogens (tertiary/aromatic N) is 7. The summed E-state index contributed by atoms with van der Waals surface area (Å²) in [6.45, 7) is 2.75. The van der Waals surface area contributed by atoms with E-state index in [9.17, 15) is 8.78 Å². The fraction of sp³-hybridized carbons (Fsp3) is 0.278. The van der Waals surface area contributed by atoms with Crippen molar-refractivity contribution in [3.8, 4) is 11.4 Å². The van der Waals surface area contributed by atoms with Crippen LogP contribution in [0.2, 0.25) is 5.28 Å². The zero-order chi connectivity index (χ0) is 20.8. The maximum atomic E-state index is 12.8. The summed E-state index contributed by atoms with van der Waals surface area (Å²) >= 11 is 6.11. The molecular weight excluding hydrogens is 402 g/mol. The number of rotatable bonds is 5. The van der Waals surface area contributed by atoms with Crippen LogP contribution in [0.5, 0.6) is 0 Å². The average molecular weight is 419 g/mol. The van der Waals surface area contributed by atoms with Gasteiger partial charge in [0.15, 0.2) is 5.82 Å². The Morgan fingerprint density at radius 3 is 2.66 bits per heavy atom. The van der Waals surface area contributed by atoms with E-state index in [4.69, 9.17) is 11.6 Å². The molecule has 0 unspecified atom stereocenters. The summed E-state index contributed by atoms with van der Waals surface area (Å²) in [5.41, 5.74) is 1.25. The number of anilines is 1. The van der Waals surface area contributed by atoms with Crippen LogP contribution in [0.1, 0.15) is 31.9 Å². The summed E-state index contributed by atoms with van der Waals surface area (Å²) in [5.74, 6) is 1.41. The zero-order valence-corrected chi connectivity index (χ0v) is 16.6. The molecule has 4 aromatic rings. The van der Waals surface area contributed by atoms with Gasteiger partial charge < -0.3 is 9.72 Å². The van der Waals surface area contributed by atoms with Gasteiger partial charge in [0.25, 0.3) is 0 Å². The van der Waals surface area contributed by atoms with Crippen molar-refractivity contribution in [2.45, 2.75) is 32.9 Å². The first-order chi connectivity index (χ1) is 13.7. The zero-order valence-electron chi connectivity index (χ0n) is 15.8. The quantitative estimate of drug-likeness (QED) is 0.525. The number of nitrogens with one attached hydrogen (secondary N) is 1. The number of pyridine rings is 1. The third-order valence-electron chi connectivity index (χ3n) is 4.45. The molecule has 4 aromatic heterocycles. The van der Waals surface area contributed by atoms with Crippen molar-refractivity contribution in [2.24, 2.45) is 0 Å². The highest BCUT2D eigenvalue weighted by Gasteiger charge is 2.26. The number of alkyl halides is 2. The van der Waals surface area contributed by atoms with Gasteiger partial charge in [0.05, 0.1) is 22.9 Å². The molecule has 1 N–H and O–H groups in total. The predicted molar refractivity (Wildman–Crippen MR) is 104 cm³/mol. The Hall–Kier alpha value is -3.14. The highest BCUT2D eigenvalue weighted by molar-refractivity contribution is 6.28. The van der Waals surface area contributed by atoms with Crippen LogP contribution in [0, 0.1) is 6.92 Å². The van der Waals surface area contributed by atoms with Crippen molar-refractivity contribution in [1.82, 2.24) is 34.1 Å². The molecule has 0 atom stereocenters. The number of aryl methyl sites for hydroxylation is 1. The van der Waals surface area contributed by atoms with Crippen LogP contribution in [0.4, 0.5) is 14.7 Å². The summed E-state index contributed by atoms with van der Waals surface area (Å²) in [6, 6.07) is 5.28. The van der Waals surface area contributed by atoms with E-state index in [-0.39, 0.29) is 11.2 Å². The standard InChI is InChI=1S/C18H17ClF2N8/c1-10-22-8-12-5-4-11(9-28(10)12)14-23-15(19)25-17(24-14)26-18(2,3)13-6-7-29(27-13)16(20)21/h4-9,16H,1-3H3,(H,23,24,25,26). The van der Waals surface area contributed by atoms with Crippen molar-refractivity contribution in [1.29, 1.82) is 0 Å². The fourth-order valence-corrected chi connectivity index (χ4v) is 3.07. The van der Waals surface area contributed by atoms with Crippen molar-refractivity contribution >= 4 is 23.1 Å². The Morgan fingerprint density at radius 1 is 1.14 bits per heavy atom. The second kappa shape index (κ2) is 7.03. The van der Waals surface area contributed by atoms with Crippen molar-refractivity contribution in [2.75, 3.05) is 5.32 Å². The van der Waals surface area contributed by atoms with Crippen LogP contribution in [0.25, 0.3) is 16.9 Å². The van der Waals surface area contributed by atoms with Gasteiger partial charge in [-0.3, -0.25) is 0 Å². The molecule has 8 nitrogen and oxygen atoms in total. The van der Waals surface area contributed by atoms with Crippen LogP contribution in [-0.2, 0) is 5.54 Å². The normalized spacial score (nSPS) is 12.1. The third-order valence-corrected chi connectivity index (χ3v) is 4.62. The predicted octanol–water partition coefficient (Wildman–Crippen LogP) is 4.09. The molecule has 0 aromatic carbocycles. The molecule has 0 aliphatic rings. The minimum Gasteiger partial charge on any atom is -0.343 e. The van der Waals surface area contributed by atoms with E-state index in [1.165, 1.54) is 12.3 Å². The van der Waals surface area contributed by atoms with Crippen LogP contribution >= 0.6 is 11.6 Å². The summed E-state index contributed by atoms with van der Waals surface area (Å²) in [6.07, 6.45) is 4.86. The van der Waals surface area contributed by atoms with Gasteiger partial charge in [0, 0.05) is 18.0 Å². The molecule has 4 rings (SSSR count). The third kappa shape index (κ3) is 3.75. The fourth-order valence-electron chi connectivity index (χ4n) is 2.91. The van der Waals surface area contributed by atoms with Crippen LogP contribution in [-0.4, -0.2) is 34.1 Å². The lowest BCUT2D eigenvalue weighted by Crippen LogP contribution is -2.30. The SMILES string of the molecule is Cc1ncc2ccc(-c3nc(Cl)nc(NC(C)(C)c4ccn(C(F)F)n4)n3)cn12. The molecule has 0 spiro atoms. The van der Waals surface area contributed by atoms with Gasteiger partial charge in [0.2, 0.25) is 11.2 Å². The van der Waals surface area contributed by atoms with Gasteiger partial charge in [-0.1, -0.05) is 0 Å². The molecule has 0 amide bonds. The number of imidazole rings is 1. The highest BCUT2D eigenvalue weighted by Crippen LogP contribution is 2.26. The number of hydrogen-bond acceptors (Lipinski definition) is 6. The lowest BCUT2D eigenvalue weighted by molar-refractivity contribution is 0.0558. The average Bonchev–Trinajstić information content (AvgIpc) is 3.29. The highest BCUT2D eigenvalue weighted by atomic mass is 35.5. The van der Waals surface area contributed by atoms with Crippen LogP contribution < -0.4 is 5.32 Å². The van der Waals surface area contributed by atoms with Crippen LogP contribution in [0.15, 0.2) is 36.8 Å². The lowest BCUT2D eigenvalue weighted by atomic mass is 10.0. The molecule has 11 heteroatoms. The van der Waals surface area contributed by atoms with E-state index < -0.39 is 12.1 Å². The van der Waals surface area contributed by atoms with Gasteiger partial charge in [-0.25, -0.2) is 9.67 Å². The second-order valence-electron chi connectivity index (χ2n) is 6.98. The Kier molecular flexibility index (Phi) is 4.65. The number of halogens is 3. The van der Waals surface area contributed by atoms with Crippen molar-refractivity contribution in [3.63, 3.8) is 0 Å². The number of fused-ring (bicyclic) bond motifs is 1. The Balaban J connectivity index is 1.67. The van der Waals surface area contributed by atoms with E-state index in [1.807, 2.05) is 29.7 Å². The Bertz CT molecular complexity index is 1180. The Morgan fingerprint density at radius 2 is 1.93 bits per heavy atom. The minimum absolute atomic E-state index is 0.00820. The summed E-state index contributed by atoms with van der Waals surface area (Å²) in [4.78, 5) is 17.0. The van der Waals surface area contributed by atoms with E-state index >= 15 is 0 Å². The first-order valence-electron chi connectivity index (χ1n) is 8.70. The largest absolute Gasteiger partial charge is 0.343 e. The molecule has 4 heterocycles. The van der Waals surface area contributed by atoms with Crippen molar-refractivity contribution < 1.29 is 8.78 Å². The van der Waals surface area contributed by atoms with Gasteiger partial charge in [-0.2, -0.15) is 28.8 Å². The second-order valence-corrected chi connectivity index (χ2v) is 7.32. The number of aromatic nitrogens is 7. The van der Waals surface area contributed by atoms with E-state index in [1.54, 1.807) is 20.0 Å². The summed E-state index contributed by atoms with van der Waals surface area (Å²) < 4.78 is 28.2. The molecule has 29 heavy (non-hydrogen) atoms. The lowest BCUT2D eigenvalue weighted by Gasteiger charge is -2.24. The smallest absolute Gasteiger partial charge is 0.333 e. The van der Waals surface area contributed by atoms with Gasteiger partial charge in [-0.15, -0.1) is 0 Å². The van der Waals surface area contributed by atoms with Gasteiger partial charge in [-0.05, 0) is 50.6 Å². The maximum Gasteiger partial charge on any atom is 0.333 e. The first kappa shape index (κ1) is 19.2. The van der Waals surface area contributed by atoms with E-state index in [0.717, 1.165) is 16.9 Å². The molecular formula is C18H17ClF2N8. The van der Waals surface area contributed by atoms with Gasteiger partial charge >= 0.3 is 6.55 Å². The molecule has 0 aliphatic heterocycles. The number of hydrogen-bond donors (Lipinski definition) is 1. The monoisotopic (exact) mass is 418 g/mol. The van der Waals surface area contributed by atoms with Crippen LogP contribution in [0.3, 0.4) is 0 Å². The topological polar surface area (TPSA) is 85.8 Å². The molecule has 0 bridgehead atoms. The molecule has 0 saturated heterocycles. The molecule has 0 aliphatic carbocycles. The molecule has 0 saturated carbocycles. The minimum atomic E-state index is -2.71. The molecule has 0 radical (unpaired) electrons. The van der Waals surface area contributed by atoms with Gasteiger partial charge in [0.1, 0.15) is 5.82 Å². The summed E-state index contributed by atoms with van der Waals surface area (Å²) in [7, 11) is 0. The Labute approximate surface area is 169 Å². The molecule has 0 fully saturated rings. The van der Waals surface area contributed by atoms with E-state index in [0.29, 0.717) is 16.2 Å². The maximum absolute atomic E-state index is 12.8. The van der Waals surface area contributed by atoms with E-state index in [2.05, 4.69) is 30.4 Å². The first-order valence-corrected chi connectivity index (χ1v) is 9.08. The van der Waals surface area contributed by atoms with Crippen molar-refractivity contribution in [3.05, 3.63) is 53.6 Å². The molecule has 150 valence electrons. The summed E-state index contributed by atoms with van der Waals surface area (Å²) in [5, 5.41) is 7.01.